The Morgan fingerprint density at radius 1 is 1.26 bits per heavy atom. The fraction of sp³-hybridized carbons (Fsp3) is 0.562. The molecule has 1 aromatic rings. The molecule has 2 rings (SSSR count). The van der Waals surface area contributed by atoms with Gasteiger partial charge in [-0.05, 0) is 39.8 Å². The smallest absolute Gasteiger partial charge is 0.410 e. The van der Waals surface area contributed by atoms with Crippen LogP contribution < -0.4 is 4.90 Å². The van der Waals surface area contributed by atoms with E-state index in [1.54, 1.807) is 17.0 Å². The first-order valence-electron chi connectivity index (χ1n) is 7.66. The van der Waals surface area contributed by atoms with E-state index in [2.05, 4.69) is 4.90 Å². The van der Waals surface area contributed by atoms with E-state index in [0.29, 0.717) is 19.6 Å². The van der Waals surface area contributed by atoms with Crippen LogP contribution in [0.3, 0.4) is 0 Å². The third-order valence-corrected chi connectivity index (χ3v) is 3.67. The number of nitro benzene ring substituents is 1. The number of nitrogens with zero attached hydrogens (tertiary/aromatic N) is 3. The molecule has 1 atom stereocenters. The predicted octanol–water partition coefficient (Wildman–Crippen LogP) is 3.04. The molecule has 1 unspecified atom stereocenters. The van der Waals surface area contributed by atoms with Gasteiger partial charge in [-0.3, -0.25) is 10.1 Å². The Balaban J connectivity index is 2.01. The van der Waals surface area contributed by atoms with Gasteiger partial charge in [0, 0.05) is 43.5 Å². The Labute approximate surface area is 136 Å². The van der Waals surface area contributed by atoms with E-state index in [-0.39, 0.29) is 17.8 Å². The number of non-ortho nitro benzene ring substituents is 1. The van der Waals surface area contributed by atoms with Gasteiger partial charge in [0.15, 0.2) is 0 Å². The maximum atomic E-state index is 12.1. The van der Waals surface area contributed by atoms with Crippen LogP contribution in [0.4, 0.5) is 16.2 Å². The maximum Gasteiger partial charge on any atom is 0.410 e. The average Bonchev–Trinajstić information content (AvgIpc) is 2.45. The molecule has 0 saturated carbocycles. The number of benzene rings is 1. The number of amides is 1. The molecule has 1 amide bonds. The summed E-state index contributed by atoms with van der Waals surface area (Å²) in [5, 5.41) is 10.7. The zero-order valence-corrected chi connectivity index (χ0v) is 14.0. The van der Waals surface area contributed by atoms with E-state index < -0.39 is 10.5 Å². The Kier molecular flexibility index (Phi) is 4.77. The van der Waals surface area contributed by atoms with Crippen molar-refractivity contribution in [3.63, 3.8) is 0 Å². The van der Waals surface area contributed by atoms with E-state index in [1.807, 2.05) is 27.7 Å². The number of rotatable bonds is 2. The van der Waals surface area contributed by atoms with Gasteiger partial charge in [-0.25, -0.2) is 4.79 Å². The highest BCUT2D eigenvalue weighted by atomic mass is 16.6. The molecular weight excluding hydrogens is 298 g/mol. The molecule has 1 aromatic carbocycles. The molecule has 0 aromatic heterocycles. The van der Waals surface area contributed by atoms with Crippen molar-refractivity contribution in [3.05, 3.63) is 34.4 Å². The average molecular weight is 321 g/mol. The van der Waals surface area contributed by atoms with Crippen LogP contribution >= 0.6 is 0 Å². The lowest BCUT2D eigenvalue weighted by Gasteiger charge is -2.41. The van der Waals surface area contributed by atoms with E-state index in [9.17, 15) is 14.9 Å². The van der Waals surface area contributed by atoms with Gasteiger partial charge in [-0.2, -0.15) is 0 Å². The standard InChI is InChI=1S/C16H23N3O4/c1-12-11-17(15(20)23-16(2,3)4)9-10-18(12)13-5-7-14(8-6-13)19(21)22/h5-8,12H,9-11H2,1-4H3. The Bertz CT molecular complexity index is 580. The van der Waals surface area contributed by atoms with Gasteiger partial charge in [0.2, 0.25) is 0 Å². The normalized spacial score (nSPS) is 18.7. The second-order valence-electron chi connectivity index (χ2n) is 6.74. The molecule has 0 N–H and O–H groups in total. The van der Waals surface area contributed by atoms with Crippen LogP contribution in [0.2, 0.25) is 0 Å². The lowest BCUT2D eigenvalue weighted by Crippen LogP contribution is -2.54. The molecule has 126 valence electrons. The molecule has 1 fully saturated rings. The Morgan fingerprint density at radius 3 is 2.35 bits per heavy atom. The van der Waals surface area contributed by atoms with Gasteiger partial charge in [0.25, 0.3) is 5.69 Å². The van der Waals surface area contributed by atoms with Gasteiger partial charge < -0.3 is 14.5 Å². The van der Waals surface area contributed by atoms with Crippen LogP contribution in [0, 0.1) is 10.1 Å². The first-order chi connectivity index (χ1) is 10.7. The summed E-state index contributed by atoms with van der Waals surface area (Å²) in [5.74, 6) is 0. The second-order valence-corrected chi connectivity index (χ2v) is 6.74. The molecule has 1 aliphatic heterocycles. The Morgan fingerprint density at radius 2 is 1.87 bits per heavy atom. The van der Waals surface area contributed by atoms with Crippen molar-refractivity contribution in [1.82, 2.24) is 4.90 Å². The number of hydrogen-bond acceptors (Lipinski definition) is 5. The molecule has 0 bridgehead atoms. The molecule has 0 aliphatic carbocycles. The van der Waals surface area contributed by atoms with Crippen molar-refractivity contribution in [2.75, 3.05) is 24.5 Å². The third kappa shape index (κ3) is 4.34. The lowest BCUT2D eigenvalue weighted by molar-refractivity contribution is -0.384. The fourth-order valence-electron chi connectivity index (χ4n) is 2.60. The summed E-state index contributed by atoms with van der Waals surface area (Å²) in [7, 11) is 0. The summed E-state index contributed by atoms with van der Waals surface area (Å²) in [6.45, 7) is 9.36. The summed E-state index contributed by atoms with van der Waals surface area (Å²) >= 11 is 0. The third-order valence-electron chi connectivity index (χ3n) is 3.67. The topological polar surface area (TPSA) is 75.9 Å². The molecule has 1 aliphatic rings. The van der Waals surface area contributed by atoms with Gasteiger partial charge in [0.05, 0.1) is 4.92 Å². The SMILES string of the molecule is CC1CN(C(=O)OC(C)(C)C)CCN1c1ccc([N+](=O)[O-])cc1. The highest BCUT2D eigenvalue weighted by Crippen LogP contribution is 2.24. The van der Waals surface area contributed by atoms with Crippen LogP contribution in [-0.4, -0.2) is 47.2 Å². The highest BCUT2D eigenvalue weighted by Gasteiger charge is 2.30. The number of carbonyl (C=O) groups excluding carboxylic acids is 1. The summed E-state index contributed by atoms with van der Waals surface area (Å²) in [6.07, 6.45) is -0.298. The Hall–Kier alpha value is -2.31. The summed E-state index contributed by atoms with van der Waals surface area (Å²) in [4.78, 5) is 26.3. The minimum atomic E-state index is -0.504. The molecular formula is C16H23N3O4. The van der Waals surface area contributed by atoms with E-state index in [0.717, 1.165) is 5.69 Å². The minimum absolute atomic E-state index is 0.0776. The van der Waals surface area contributed by atoms with Crippen molar-refractivity contribution >= 4 is 17.5 Å². The van der Waals surface area contributed by atoms with Crippen LogP contribution in [0.5, 0.6) is 0 Å². The fourth-order valence-corrected chi connectivity index (χ4v) is 2.60. The van der Waals surface area contributed by atoms with E-state index in [4.69, 9.17) is 4.74 Å². The monoisotopic (exact) mass is 321 g/mol. The molecule has 7 heteroatoms. The number of carbonyl (C=O) groups is 1. The van der Waals surface area contributed by atoms with Crippen molar-refractivity contribution in [3.8, 4) is 0 Å². The first-order valence-corrected chi connectivity index (χ1v) is 7.66. The molecule has 1 saturated heterocycles. The number of anilines is 1. The summed E-state index contributed by atoms with van der Waals surface area (Å²) < 4.78 is 5.40. The number of nitro groups is 1. The van der Waals surface area contributed by atoms with Crippen LogP contribution in [0.1, 0.15) is 27.7 Å². The van der Waals surface area contributed by atoms with Crippen molar-refractivity contribution in [1.29, 1.82) is 0 Å². The molecule has 0 radical (unpaired) electrons. The van der Waals surface area contributed by atoms with Gasteiger partial charge in [-0.15, -0.1) is 0 Å². The lowest BCUT2D eigenvalue weighted by atomic mass is 10.1. The van der Waals surface area contributed by atoms with Crippen molar-refractivity contribution < 1.29 is 14.5 Å². The molecule has 0 spiro atoms. The van der Waals surface area contributed by atoms with E-state index >= 15 is 0 Å². The zero-order valence-electron chi connectivity index (χ0n) is 14.0. The molecule has 7 nitrogen and oxygen atoms in total. The van der Waals surface area contributed by atoms with Crippen molar-refractivity contribution in [2.24, 2.45) is 0 Å². The predicted molar refractivity (Wildman–Crippen MR) is 87.7 cm³/mol. The van der Waals surface area contributed by atoms with Gasteiger partial charge in [0.1, 0.15) is 5.60 Å². The highest BCUT2D eigenvalue weighted by molar-refractivity contribution is 5.69. The maximum absolute atomic E-state index is 12.1. The van der Waals surface area contributed by atoms with Crippen LogP contribution in [0.15, 0.2) is 24.3 Å². The number of piperazine rings is 1. The first kappa shape index (κ1) is 17.1. The molecule has 1 heterocycles. The quantitative estimate of drug-likeness (QED) is 0.618. The van der Waals surface area contributed by atoms with Gasteiger partial charge in [-0.1, -0.05) is 0 Å². The van der Waals surface area contributed by atoms with Crippen LogP contribution in [-0.2, 0) is 4.74 Å². The molecule has 23 heavy (non-hydrogen) atoms. The summed E-state index contributed by atoms with van der Waals surface area (Å²) in [5.41, 5.74) is 0.497. The minimum Gasteiger partial charge on any atom is -0.444 e. The number of hydrogen-bond donors (Lipinski definition) is 0. The second kappa shape index (κ2) is 6.44. The largest absolute Gasteiger partial charge is 0.444 e. The summed E-state index contributed by atoms with van der Waals surface area (Å²) in [6, 6.07) is 6.61. The zero-order chi connectivity index (χ0) is 17.2. The van der Waals surface area contributed by atoms with Gasteiger partial charge >= 0.3 is 6.09 Å². The van der Waals surface area contributed by atoms with Crippen molar-refractivity contribution in [2.45, 2.75) is 39.3 Å². The van der Waals surface area contributed by atoms with Crippen LogP contribution in [0.25, 0.3) is 0 Å². The van der Waals surface area contributed by atoms with E-state index in [1.165, 1.54) is 12.1 Å². The number of ether oxygens (including phenoxy) is 1.